The van der Waals surface area contributed by atoms with Crippen LogP contribution in [0.15, 0.2) is 29.2 Å². The van der Waals surface area contributed by atoms with Gasteiger partial charge in [-0.25, -0.2) is 8.42 Å². The molecule has 3 atom stereocenters. The van der Waals surface area contributed by atoms with Crippen LogP contribution in [0.2, 0.25) is 0 Å². The highest BCUT2D eigenvalue weighted by Gasteiger charge is 2.38. The van der Waals surface area contributed by atoms with E-state index in [1.807, 2.05) is 6.92 Å². The average Bonchev–Trinajstić information content (AvgIpc) is 2.35. The van der Waals surface area contributed by atoms with Crippen LogP contribution >= 0.6 is 12.9 Å². The van der Waals surface area contributed by atoms with Gasteiger partial charge >= 0.3 is 0 Å². The molecule has 0 bridgehead atoms. The van der Waals surface area contributed by atoms with E-state index in [0.29, 0.717) is 0 Å². The lowest BCUT2D eigenvalue weighted by atomic mass is 10.2. The summed E-state index contributed by atoms with van der Waals surface area (Å²) in [6, 6.07) is 6.27. The van der Waals surface area contributed by atoms with Crippen molar-refractivity contribution in [3.05, 3.63) is 29.8 Å². The molecule has 7 heteroatoms. The molecule has 0 heterocycles. The molecule has 0 radical (unpaired) electrons. The smallest absolute Gasteiger partial charge is 0.186 e. The quantitative estimate of drug-likeness (QED) is 0.533. The highest BCUT2D eigenvalue weighted by molar-refractivity contribution is 7.92. The number of benzene rings is 1. The van der Waals surface area contributed by atoms with Crippen molar-refractivity contribution in [2.45, 2.75) is 36.2 Å². The summed E-state index contributed by atoms with van der Waals surface area (Å²) >= 11 is 3.55. The lowest BCUT2D eigenvalue weighted by Crippen LogP contribution is -2.44. The van der Waals surface area contributed by atoms with Gasteiger partial charge in [0.2, 0.25) is 0 Å². The molecule has 0 aromatic heterocycles. The Bertz CT molecular complexity index is 491. The van der Waals surface area contributed by atoms with Crippen LogP contribution in [0.3, 0.4) is 0 Å². The number of hydrogen-bond acceptors (Lipinski definition) is 6. The fraction of sp³-hybridized carbons (Fsp3) is 0.500. The predicted octanol–water partition coefficient (Wildman–Crippen LogP) is 0.740. The Morgan fingerprint density at radius 1 is 1.32 bits per heavy atom. The molecule has 5 nitrogen and oxygen atoms in total. The van der Waals surface area contributed by atoms with Gasteiger partial charge in [0.1, 0.15) is 11.4 Å². The molecule has 0 saturated heterocycles. The maximum absolute atomic E-state index is 12.5. The van der Waals surface area contributed by atoms with Crippen LogP contribution in [0.4, 0.5) is 0 Å². The summed E-state index contributed by atoms with van der Waals surface area (Å²) < 4.78 is 29.6. The fourth-order valence-corrected chi connectivity index (χ4v) is 4.02. The van der Waals surface area contributed by atoms with Crippen LogP contribution < -0.4 is 0 Å². The SMILES string of the molecule is Cc1ccc(S(=O)(=O)C(C(C)O)C(CO)OS)cc1. The number of aliphatic hydroxyl groups is 2. The van der Waals surface area contributed by atoms with Gasteiger partial charge in [0.05, 0.1) is 17.6 Å². The standard InChI is InChI=1S/C12H18O5S2/c1-8-3-5-10(6-4-8)19(15,16)12(9(2)14)11(7-13)17-18/h3-6,9,11-14,18H,7H2,1-2H3. The van der Waals surface area contributed by atoms with Crippen molar-refractivity contribution in [3.63, 3.8) is 0 Å². The predicted molar refractivity (Wildman–Crippen MR) is 74.8 cm³/mol. The largest absolute Gasteiger partial charge is 0.394 e. The van der Waals surface area contributed by atoms with Gasteiger partial charge in [-0.1, -0.05) is 17.7 Å². The highest BCUT2D eigenvalue weighted by atomic mass is 32.2. The zero-order chi connectivity index (χ0) is 14.6. The molecule has 3 unspecified atom stereocenters. The average molecular weight is 306 g/mol. The highest BCUT2D eigenvalue weighted by Crippen LogP contribution is 2.23. The van der Waals surface area contributed by atoms with E-state index in [4.69, 9.17) is 5.11 Å². The maximum atomic E-state index is 12.5. The van der Waals surface area contributed by atoms with E-state index in [1.165, 1.54) is 19.1 Å². The molecular formula is C12H18O5S2. The van der Waals surface area contributed by atoms with E-state index in [2.05, 4.69) is 17.1 Å². The zero-order valence-corrected chi connectivity index (χ0v) is 12.4. The Kier molecular flexibility index (Phi) is 5.82. The van der Waals surface area contributed by atoms with Crippen LogP contribution in [0.5, 0.6) is 0 Å². The third-order valence-electron chi connectivity index (χ3n) is 2.87. The number of thiol groups is 1. The second-order valence-electron chi connectivity index (χ2n) is 4.39. The summed E-state index contributed by atoms with van der Waals surface area (Å²) in [7, 11) is -3.82. The van der Waals surface area contributed by atoms with Gasteiger partial charge in [-0.3, -0.25) is 0 Å². The number of sulfone groups is 1. The molecule has 0 fully saturated rings. The lowest BCUT2D eigenvalue weighted by molar-refractivity contribution is 0.0822. The summed E-state index contributed by atoms with van der Waals surface area (Å²) in [6.07, 6.45) is -2.30. The first-order valence-electron chi connectivity index (χ1n) is 5.74. The maximum Gasteiger partial charge on any atom is 0.186 e. The summed E-state index contributed by atoms with van der Waals surface area (Å²) in [4.78, 5) is 0.0767. The van der Waals surface area contributed by atoms with Crippen molar-refractivity contribution in [2.75, 3.05) is 6.61 Å². The molecule has 108 valence electrons. The molecule has 0 aliphatic rings. The van der Waals surface area contributed by atoms with Crippen molar-refractivity contribution in [2.24, 2.45) is 0 Å². The minimum Gasteiger partial charge on any atom is -0.394 e. The van der Waals surface area contributed by atoms with Gasteiger partial charge in [-0.15, -0.1) is 0 Å². The van der Waals surface area contributed by atoms with Crippen LogP contribution in [0, 0.1) is 6.92 Å². The van der Waals surface area contributed by atoms with Crippen molar-refractivity contribution < 1.29 is 22.8 Å². The lowest BCUT2D eigenvalue weighted by Gasteiger charge is -2.26. The zero-order valence-electron chi connectivity index (χ0n) is 10.7. The second kappa shape index (κ2) is 6.71. The van der Waals surface area contributed by atoms with E-state index in [9.17, 15) is 13.5 Å². The number of aliphatic hydroxyl groups excluding tert-OH is 2. The Morgan fingerprint density at radius 3 is 2.21 bits per heavy atom. The van der Waals surface area contributed by atoms with E-state index in [1.54, 1.807) is 12.1 Å². The third-order valence-corrected chi connectivity index (χ3v) is 5.48. The van der Waals surface area contributed by atoms with Gasteiger partial charge in [0.15, 0.2) is 9.84 Å². The van der Waals surface area contributed by atoms with Crippen LogP contribution in [0.25, 0.3) is 0 Å². The van der Waals surface area contributed by atoms with Crippen molar-refractivity contribution in [3.8, 4) is 0 Å². The van der Waals surface area contributed by atoms with Crippen LogP contribution in [0.1, 0.15) is 12.5 Å². The summed E-state index contributed by atoms with van der Waals surface area (Å²) in [5, 5.41) is 17.6. The summed E-state index contributed by atoms with van der Waals surface area (Å²) in [5.74, 6) is 0. The first-order valence-corrected chi connectivity index (χ1v) is 7.65. The molecule has 0 aliphatic heterocycles. The first kappa shape index (κ1) is 16.5. The molecule has 19 heavy (non-hydrogen) atoms. The Labute approximate surface area is 118 Å². The summed E-state index contributed by atoms with van der Waals surface area (Å²) in [6.45, 7) is 2.63. The molecule has 1 rings (SSSR count). The van der Waals surface area contributed by atoms with E-state index >= 15 is 0 Å². The molecule has 1 aromatic rings. The van der Waals surface area contributed by atoms with Gasteiger partial charge in [0.25, 0.3) is 0 Å². The third kappa shape index (κ3) is 3.70. The number of rotatable bonds is 6. The van der Waals surface area contributed by atoms with Crippen molar-refractivity contribution in [1.29, 1.82) is 0 Å². The van der Waals surface area contributed by atoms with Gasteiger partial charge in [-0.05, 0) is 38.9 Å². The summed E-state index contributed by atoms with van der Waals surface area (Å²) in [5.41, 5.74) is 0.928. The van der Waals surface area contributed by atoms with Crippen LogP contribution in [-0.4, -0.2) is 42.7 Å². The Morgan fingerprint density at radius 2 is 1.84 bits per heavy atom. The first-order chi connectivity index (χ1) is 8.84. The topological polar surface area (TPSA) is 83.8 Å². The normalized spacial score (nSPS) is 16.9. The van der Waals surface area contributed by atoms with E-state index in [-0.39, 0.29) is 4.90 Å². The number of hydrogen-bond donors (Lipinski definition) is 3. The molecule has 0 amide bonds. The van der Waals surface area contributed by atoms with Crippen molar-refractivity contribution in [1.82, 2.24) is 0 Å². The van der Waals surface area contributed by atoms with E-state index in [0.717, 1.165) is 5.56 Å². The van der Waals surface area contributed by atoms with Gasteiger partial charge in [-0.2, -0.15) is 0 Å². The molecule has 0 saturated carbocycles. The number of aryl methyl sites for hydroxylation is 1. The minimum atomic E-state index is -3.82. The molecule has 1 aromatic carbocycles. The fourth-order valence-electron chi connectivity index (χ4n) is 1.85. The molecule has 0 aliphatic carbocycles. The van der Waals surface area contributed by atoms with E-state index < -0.39 is 33.9 Å². The second-order valence-corrected chi connectivity index (χ2v) is 6.71. The Balaban J connectivity index is 3.24. The Hall–Kier alpha value is -0.600. The molecular weight excluding hydrogens is 288 g/mol. The van der Waals surface area contributed by atoms with Gasteiger partial charge in [0, 0.05) is 0 Å². The monoisotopic (exact) mass is 306 g/mol. The van der Waals surface area contributed by atoms with Crippen molar-refractivity contribution >= 4 is 22.7 Å². The van der Waals surface area contributed by atoms with Crippen LogP contribution in [-0.2, 0) is 14.0 Å². The minimum absolute atomic E-state index is 0.0767. The molecule has 0 spiro atoms. The van der Waals surface area contributed by atoms with Gasteiger partial charge < -0.3 is 14.4 Å². The molecule has 2 N–H and O–H groups in total.